The van der Waals surface area contributed by atoms with E-state index in [9.17, 15) is 18.5 Å². The van der Waals surface area contributed by atoms with Crippen LogP contribution in [-0.2, 0) is 10.0 Å². The van der Waals surface area contributed by atoms with Crippen LogP contribution in [0.15, 0.2) is 70.5 Å². The molecule has 0 aliphatic carbocycles. The molecule has 0 saturated heterocycles. The van der Waals surface area contributed by atoms with Crippen molar-refractivity contribution in [3.05, 3.63) is 87.3 Å². The molecule has 2 aromatic carbocycles. The van der Waals surface area contributed by atoms with Crippen LogP contribution in [0.3, 0.4) is 0 Å². The topological polar surface area (TPSA) is 116 Å². The largest absolute Gasteiger partial charge is 0.383 e. The minimum absolute atomic E-state index is 0.0756. The summed E-state index contributed by atoms with van der Waals surface area (Å²) in [5.74, 6) is -0.155. The van der Waals surface area contributed by atoms with Gasteiger partial charge in [0.2, 0.25) is 0 Å². The summed E-state index contributed by atoms with van der Waals surface area (Å²) in [6, 6.07) is 14.7. The highest BCUT2D eigenvalue weighted by molar-refractivity contribution is 7.93. The molecule has 0 bridgehead atoms. The van der Waals surface area contributed by atoms with Gasteiger partial charge >= 0.3 is 0 Å². The second-order valence-corrected chi connectivity index (χ2v) is 6.41. The van der Waals surface area contributed by atoms with Gasteiger partial charge in [-0.05, 0) is 35.4 Å². The van der Waals surface area contributed by atoms with Gasteiger partial charge in [0, 0.05) is 12.1 Å². The van der Waals surface area contributed by atoms with Crippen LogP contribution in [0.2, 0.25) is 0 Å². The van der Waals surface area contributed by atoms with E-state index in [2.05, 4.69) is 4.40 Å². The van der Waals surface area contributed by atoms with Crippen molar-refractivity contribution in [2.75, 3.05) is 0 Å². The summed E-state index contributed by atoms with van der Waals surface area (Å²) < 4.78 is 27.3. The van der Waals surface area contributed by atoms with E-state index in [1.807, 2.05) is 30.3 Å². The molecule has 128 valence electrons. The first kappa shape index (κ1) is 18.1. The van der Waals surface area contributed by atoms with E-state index in [0.29, 0.717) is 5.56 Å². The van der Waals surface area contributed by atoms with E-state index in [1.54, 1.807) is 6.08 Å². The molecule has 0 heterocycles. The van der Waals surface area contributed by atoms with Crippen LogP contribution in [0, 0.1) is 10.1 Å². The molecule has 0 unspecified atom stereocenters. The number of nitrogens with two attached hydrogens (primary N) is 1. The molecule has 0 atom stereocenters. The van der Waals surface area contributed by atoms with Crippen LogP contribution in [0.25, 0.3) is 12.2 Å². The highest BCUT2D eigenvalue weighted by Crippen LogP contribution is 2.13. The van der Waals surface area contributed by atoms with Crippen molar-refractivity contribution >= 4 is 33.7 Å². The zero-order chi connectivity index (χ0) is 18.3. The third-order valence-corrected chi connectivity index (χ3v) is 3.96. The van der Waals surface area contributed by atoms with Crippen molar-refractivity contribution in [3.63, 3.8) is 0 Å². The third kappa shape index (κ3) is 6.04. The molecule has 0 aliphatic heterocycles. The fourth-order valence-corrected chi connectivity index (χ4v) is 2.57. The molecule has 2 aromatic rings. The van der Waals surface area contributed by atoms with Gasteiger partial charge in [-0.25, -0.2) is 0 Å². The average molecular weight is 357 g/mol. The maximum absolute atomic E-state index is 11.9. The van der Waals surface area contributed by atoms with E-state index in [1.165, 1.54) is 36.4 Å². The van der Waals surface area contributed by atoms with Crippen LogP contribution < -0.4 is 5.73 Å². The molecular formula is C17H15N3O4S. The normalized spacial score (nSPS) is 12.7. The number of non-ortho nitro benzene ring substituents is 1. The van der Waals surface area contributed by atoms with Gasteiger partial charge in [-0.1, -0.05) is 36.4 Å². The number of nitro groups is 1. The molecule has 7 nitrogen and oxygen atoms in total. The lowest BCUT2D eigenvalue weighted by Gasteiger charge is -1.95. The van der Waals surface area contributed by atoms with Crippen molar-refractivity contribution in [1.29, 1.82) is 0 Å². The van der Waals surface area contributed by atoms with Crippen molar-refractivity contribution in [1.82, 2.24) is 0 Å². The molecular weight excluding hydrogens is 342 g/mol. The highest BCUT2D eigenvalue weighted by Gasteiger charge is 2.05. The third-order valence-electron chi connectivity index (χ3n) is 3.02. The number of hydrogen-bond acceptors (Lipinski definition) is 4. The number of nitro benzene ring substituents is 1. The van der Waals surface area contributed by atoms with E-state index in [-0.39, 0.29) is 11.5 Å². The van der Waals surface area contributed by atoms with Gasteiger partial charge in [-0.3, -0.25) is 10.1 Å². The van der Waals surface area contributed by atoms with Gasteiger partial charge in [-0.15, -0.1) is 4.40 Å². The molecule has 0 radical (unpaired) electrons. The molecule has 8 heteroatoms. The number of benzene rings is 2. The highest BCUT2D eigenvalue weighted by atomic mass is 32.2. The van der Waals surface area contributed by atoms with Gasteiger partial charge in [-0.2, -0.15) is 8.42 Å². The molecule has 0 fully saturated rings. The van der Waals surface area contributed by atoms with Gasteiger partial charge in [0.05, 0.1) is 10.3 Å². The molecule has 0 aliphatic rings. The molecule has 2 N–H and O–H groups in total. The zero-order valence-electron chi connectivity index (χ0n) is 13.0. The van der Waals surface area contributed by atoms with Crippen LogP contribution >= 0.6 is 0 Å². The molecule has 0 spiro atoms. The summed E-state index contributed by atoms with van der Waals surface area (Å²) in [5.41, 5.74) is 6.88. The fourth-order valence-electron chi connectivity index (χ4n) is 1.83. The second kappa shape index (κ2) is 8.02. The summed E-state index contributed by atoms with van der Waals surface area (Å²) in [7, 11) is -3.91. The maximum Gasteiger partial charge on any atom is 0.277 e. The first-order chi connectivity index (χ1) is 11.9. The predicted octanol–water partition coefficient (Wildman–Crippen LogP) is 2.97. The summed E-state index contributed by atoms with van der Waals surface area (Å²) in [4.78, 5) is 10.0. The number of sulfonamides is 1. The van der Waals surface area contributed by atoms with Crippen LogP contribution in [0.4, 0.5) is 5.69 Å². The Morgan fingerprint density at radius 2 is 1.60 bits per heavy atom. The SMILES string of the molecule is NC(/C=C/c1ccccc1)=N/S(=O)(=O)/C=C/c1ccc([N+](=O)[O-])cc1. The first-order valence-corrected chi connectivity index (χ1v) is 8.62. The van der Waals surface area contributed by atoms with E-state index < -0.39 is 14.9 Å². The van der Waals surface area contributed by atoms with Gasteiger partial charge in [0.25, 0.3) is 15.7 Å². The summed E-state index contributed by atoms with van der Waals surface area (Å²) in [5, 5.41) is 11.5. The Bertz CT molecular complexity index is 932. The number of hydrogen-bond donors (Lipinski definition) is 1. The monoisotopic (exact) mass is 357 g/mol. The summed E-state index contributed by atoms with van der Waals surface area (Å²) in [6.07, 6.45) is 4.33. The van der Waals surface area contributed by atoms with Crippen LogP contribution in [-0.4, -0.2) is 19.2 Å². The Morgan fingerprint density at radius 1 is 1.00 bits per heavy atom. The number of amidine groups is 1. The summed E-state index contributed by atoms with van der Waals surface area (Å²) in [6.45, 7) is 0. The standard InChI is InChI=1S/C17H15N3O4S/c18-17(11-8-14-4-2-1-3-5-14)19-25(23,24)13-12-15-6-9-16(10-7-15)20(21)22/h1-13H,(H2,18,19)/b11-8+,13-12+. The zero-order valence-corrected chi connectivity index (χ0v) is 13.8. The Labute approximate surface area is 145 Å². The van der Waals surface area contributed by atoms with Crippen LogP contribution in [0.5, 0.6) is 0 Å². The minimum atomic E-state index is -3.91. The molecule has 0 amide bonds. The smallest absolute Gasteiger partial charge is 0.277 e. The van der Waals surface area contributed by atoms with Crippen molar-refractivity contribution < 1.29 is 13.3 Å². The first-order valence-electron chi connectivity index (χ1n) is 7.12. The molecule has 25 heavy (non-hydrogen) atoms. The van der Waals surface area contributed by atoms with Gasteiger partial charge in [0.15, 0.2) is 0 Å². The molecule has 0 aromatic heterocycles. The van der Waals surface area contributed by atoms with Gasteiger partial charge < -0.3 is 5.73 Å². The lowest BCUT2D eigenvalue weighted by Crippen LogP contribution is -2.10. The minimum Gasteiger partial charge on any atom is -0.383 e. The Kier molecular flexibility index (Phi) is 5.80. The van der Waals surface area contributed by atoms with E-state index >= 15 is 0 Å². The maximum atomic E-state index is 11.9. The average Bonchev–Trinajstić information content (AvgIpc) is 2.59. The second-order valence-electron chi connectivity index (χ2n) is 4.93. The van der Waals surface area contributed by atoms with Crippen LogP contribution in [0.1, 0.15) is 11.1 Å². The molecule has 2 rings (SSSR count). The Balaban J connectivity index is 2.09. The fraction of sp³-hybridized carbons (Fsp3) is 0. The van der Waals surface area contributed by atoms with Crippen molar-refractivity contribution in [2.24, 2.45) is 10.1 Å². The lowest BCUT2D eigenvalue weighted by atomic mass is 10.2. The quantitative estimate of drug-likeness (QED) is 0.369. The predicted molar refractivity (Wildman–Crippen MR) is 98.1 cm³/mol. The van der Waals surface area contributed by atoms with E-state index in [4.69, 9.17) is 5.73 Å². The lowest BCUT2D eigenvalue weighted by molar-refractivity contribution is -0.384. The Hall–Kier alpha value is -3.26. The number of nitrogens with zero attached hydrogens (tertiary/aromatic N) is 2. The van der Waals surface area contributed by atoms with Crippen molar-refractivity contribution in [2.45, 2.75) is 0 Å². The number of rotatable bonds is 6. The van der Waals surface area contributed by atoms with Gasteiger partial charge in [0.1, 0.15) is 5.84 Å². The Morgan fingerprint density at radius 3 is 2.20 bits per heavy atom. The summed E-state index contributed by atoms with van der Waals surface area (Å²) >= 11 is 0. The molecule has 0 saturated carbocycles. The van der Waals surface area contributed by atoms with E-state index in [0.717, 1.165) is 11.0 Å². The van der Waals surface area contributed by atoms with Crippen molar-refractivity contribution in [3.8, 4) is 0 Å².